The number of nitrogens with zero attached hydrogens (tertiary/aromatic N) is 2. The SMILES string of the molecule is CCn1nc(C)cc1COc1ccc([C@@H](C)O)cc1F. The third-order valence-electron chi connectivity index (χ3n) is 3.10. The number of aliphatic hydroxyl groups is 1. The van der Waals surface area contributed by atoms with E-state index in [0.717, 1.165) is 17.9 Å². The van der Waals surface area contributed by atoms with E-state index in [1.165, 1.54) is 12.1 Å². The standard InChI is InChI=1S/C15H19FN2O2/c1-4-18-13(7-10(2)17-18)9-20-15-6-5-12(11(3)19)8-14(15)16/h5-8,11,19H,4,9H2,1-3H3/t11-/m1/s1. The summed E-state index contributed by atoms with van der Waals surface area (Å²) in [7, 11) is 0. The minimum Gasteiger partial charge on any atom is -0.484 e. The zero-order chi connectivity index (χ0) is 14.7. The first-order valence-electron chi connectivity index (χ1n) is 6.65. The van der Waals surface area contributed by atoms with Crippen molar-refractivity contribution in [2.75, 3.05) is 0 Å². The first-order valence-corrected chi connectivity index (χ1v) is 6.65. The molecule has 108 valence electrons. The number of aromatic nitrogens is 2. The van der Waals surface area contributed by atoms with E-state index in [1.54, 1.807) is 13.0 Å². The number of hydrogen-bond acceptors (Lipinski definition) is 3. The first kappa shape index (κ1) is 14.5. The Kier molecular flexibility index (Phi) is 4.39. The molecule has 5 heteroatoms. The van der Waals surface area contributed by atoms with E-state index in [-0.39, 0.29) is 12.4 Å². The topological polar surface area (TPSA) is 47.3 Å². The Labute approximate surface area is 117 Å². The molecule has 0 bridgehead atoms. The van der Waals surface area contributed by atoms with E-state index >= 15 is 0 Å². The van der Waals surface area contributed by atoms with Crippen molar-refractivity contribution in [3.05, 3.63) is 47.0 Å². The number of benzene rings is 1. The van der Waals surface area contributed by atoms with Crippen LogP contribution in [0.15, 0.2) is 24.3 Å². The highest BCUT2D eigenvalue weighted by atomic mass is 19.1. The molecule has 2 aromatic rings. The number of halogens is 1. The van der Waals surface area contributed by atoms with E-state index in [1.807, 2.05) is 24.6 Å². The van der Waals surface area contributed by atoms with Gasteiger partial charge in [0.05, 0.1) is 17.5 Å². The van der Waals surface area contributed by atoms with Gasteiger partial charge in [-0.05, 0) is 44.5 Å². The van der Waals surface area contributed by atoms with Gasteiger partial charge < -0.3 is 9.84 Å². The molecule has 1 aromatic heterocycles. The first-order chi connectivity index (χ1) is 9.51. The number of aliphatic hydroxyl groups excluding tert-OH is 1. The summed E-state index contributed by atoms with van der Waals surface area (Å²) in [6.07, 6.45) is -0.692. The van der Waals surface area contributed by atoms with Gasteiger partial charge in [0.2, 0.25) is 0 Å². The van der Waals surface area contributed by atoms with Crippen molar-refractivity contribution >= 4 is 0 Å². The van der Waals surface area contributed by atoms with Crippen LogP contribution in [0.5, 0.6) is 5.75 Å². The molecule has 1 aromatic carbocycles. The second-order valence-corrected chi connectivity index (χ2v) is 4.75. The normalized spacial score (nSPS) is 12.4. The van der Waals surface area contributed by atoms with Crippen molar-refractivity contribution in [3.8, 4) is 5.75 Å². The van der Waals surface area contributed by atoms with Crippen molar-refractivity contribution in [3.63, 3.8) is 0 Å². The summed E-state index contributed by atoms with van der Waals surface area (Å²) in [5.74, 6) is -0.293. The summed E-state index contributed by atoms with van der Waals surface area (Å²) < 4.78 is 21.2. The van der Waals surface area contributed by atoms with Crippen molar-refractivity contribution < 1.29 is 14.2 Å². The van der Waals surface area contributed by atoms with Crippen LogP contribution in [0.1, 0.15) is 36.9 Å². The van der Waals surface area contributed by atoms with E-state index in [0.29, 0.717) is 5.56 Å². The van der Waals surface area contributed by atoms with Crippen LogP contribution >= 0.6 is 0 Å². The second-order valence-electron chi connectivity index (χ2n) is 4.75. The summed E-state index contributed by atoms with van der Waals surface area (Å²) in [4.78, 5) is 0. The van der Waals surface area contributed by atoms with E-state index < -0.39 is 11.9 Å². The monoisotopic (exact) mass is 278 g/mol. The molecule has 0 unspecified atom stereocenters. The zero-order valence-corrected chi connectivity index (χ0v) is 11.9. The molecular formula is C15H19FN2O2. The van der Waals surface area contributed by atoms with Crippen molar-refractivity contribution in [1.29, 1.82) is 0 Å². The average Bonchev–Trinajstić information content (AvgIpc) is 2.77. The van der Waals surface area contributed by atoms with Gasteiger partial charge in [0.25, 0.3) is 0 Å². The minimum absolute atomic E-state index is 0.177. The molecule has 0 radical (unpaired) electrons. The molecule has 4 nitrogen and oxygen atoms in total. The predicted octanol–water partition coefficient (Wildman–Crippen LogP) is 2.98. The Bertz CT molecular complexity index is 594. The van der Waals surface area contributed by atoms with Crippen LogP contribution in [0.25, 0.3) is 0 Å². The van der Waals surface area contributed by atoms with Gasteiger partial charge in [-0.1, -0.05) is 6.07 Å². The second kappa shape index (κ2) is 6.05. The molecule has 20 heavy (non-hydrogen) atoms. The average molecular weight is 278 g/mol. The molecule has 0 aliphatic carbocycles. The highest BCUT2D eigenvalue weighted by Gasteiger charge is 2.10. The maximum Gasteiger partial charge on any atom is 0.165 e. The van der Waals surface area contributed by atoms with Crippen molar-refractivity contribution in [2.45, 2.75) is 40.0 Å². The van der Waals surface area contributed by atoms with Crippen LogP contribution in [0.2, 0.25) is 0 Å². The molecule has 0 fully saturated rings. The smallest absolute Gasteiger partial charge is 0.165 e. The van der Waals surface area contributed by atoms with Gasteiger partial charge in [-0.3, -0.25) is 4.68 Å². The lowest BCUT2D eigenvalue weighted by molar-refractivity contribution is 0.198. The summed E-state index contributed by atoms with van der Waals surface area (Å²) >= 11 is 0. The summed E-state index contributed by atoms with van der Waals surface area (Å²) in [5.41, 5.74) is 2.35. The van der Waals surface area contributed by atoms with Gasteiger partial charge >= 0.3 is 0 Å². The molecule has 0 amide bonds. The van der Waals surface area contributed by atoms with Crippen molar-refractivity contribution in [1.82, 2.24) is 9.78 Å². The molecule has 1 N–H and O–H groups in total. The Morgan fingerprint density at radius 3 is 2.75 bits per heavy atom. The number of rotatable bonds is 5. The Morgan fingerprint density at radius 1 is 1.40 bits per heavy atom. The maximum atomic E-state index is 13.8. The van der Waals surface area contributed by atoms with Crippen LogP contribution in [0, 0.1) is 12.7 Å². The summed E-state index contributed by atoms with van der Waals surface area (Å²) in [6, 6.07) is 6.41. The van der Waals surface area contributed by atoms with Crippen LogP contribution in [-0.4, -0.2) is 14.9 Å². The molecular weight excluding hydrogens is 259 g/mol. The summed E-state index contributed by atoms with van der Waals surface area (Å²) in [5, 5.41) is 13.7. The zero-order valence-electron chi connectivity index (χ0n) is 11.9. The number of aryl methyl sites for hydroxylation is 2. The molecule has 0 aliphatic rings. The maximum absolute atomic E-state index is 13.8. The Balaban J connectivity index is 2.10. The molecule has 0 spiro atoms. The van der Waals surface area contributed by atoms with Crippen LogP contribution < -0.4 is 4.74 Å². The lowest BCUT2D eigenvalue weighted by Gasteiger charge is -2.10. The van der Waals surface area contributed by atoms with E-state index in [2.05, 4.69) is 5.10 Å². The Hall–Kier alpha value is -1.88. The largest absolute Gasteiger partial charge is 0.484 e. The minimum atomic E-state index is -0.692. The number of hydrogen-bond donors (Lipinski definition) is 1. The fourth-order valence-electron chi connectivity index (χ4n) is 2.03. The molecule has 1 atom stereocenters. The van der Waals surface area contributed by atoms with E-state index in [9.17, 15) is 9.50 Å². The van der Waals surface area contributed by atoms with Gasteiger partial charge in [0.1, 0.15) is 6.61 Å². The van der Waals surface area contributed by atoms with Crippen LogP contribution in [0.3, 0.4) is 0 Å². The van der Waals surface area contributed by atoms with Crippen molar-refractivity contribution in [2.24, 2.45) is 0 Å². The molecule has 0 saturated carbocycles. The Morgan fingerprint density at radius 2 is 2.15 bits per heavy atom. The molecule has 0 aliphatic heterocycles. The third-order valence-corrected chi connectivity index (χ3v) is 3.10. The predicted molar refractivity (Wildman–Crippen MR) is 74.0 cm³/mol. The lowest BCUT2D eigenvalue weighted by atomic mass is 10.1. The van der Waals surface area contributed by atoms with Gasteiger partial charge in [-0.25, -0.2) is 4.39 Å². The van der Waals surface area contributed by atoms with Crippen LogP contribution in [0.4, 0.5) is 4.39 Å². The number of ether oxygens (including phenoxy) is 1. The fourth-order valence-corrected chi connectivity index (χ4v) is 2.03. The van der Waals surface area contributed by atoms with Crippen LogP contribution in [-0.2, 0) is 13.2 Å². The van der Waals surface area contributed by atoms with Gasteiger partial charge in [0, 0.05) is 6.54 Å². The molecule has 2 rings (SSSR count). The summed E-state index contributed by atoms with van der Waals surface area (Å²) in [6.45, 7) is 6.51. The van der Waals surface area contributed by atoms with Gasteiger partial charge in [-0.2, -0.15) is 5.10 Å². The lowest BCUT2D eigenvalue weighted by Crippen LogP contribution is -2.07. The highest BCUT2D eigenvalue weighted by molar-refractivity contribution is 5.30. The van der Waals surface area contributed by atoms with Gasteiger partial charge in [0.15, 0.2) is 11.6 Å². The quantitative estimate of drug-likeness (QED) is 0.914. The molecule has 1 heterocycles. The van der Waals surface area contributed by atoms with E-state index in [4.69, 9.17) is 4.74 Å². The van der Waals surface area contributed by atoms with Gasteiger partial charge in [-0.15, -0.1) is 0 Å². The highest BCUT2D eigenvalue weighted by Crippen LogP contribution is 2.23. The third kappa shape index (κ3) is 3.17. The fraction of sp³-hybridized carbons (Fsp3) is 0.400. The molecule has 0 saturated heterocycles.